The summed E-state index contributed by atoms with van der Waals surface area (Å²) in [6.07, 6.45) is 1.64. The van der Waals surface area contributed by atoms with Gasteiger partial charge in [-0.15, -0.1) is 0 Å². The molecule has 1 aromatic carbocycles. The number of halogens is 1. The molecular weight excluding hydrogens is 247 g/mol. The summed E-state index contributed by atoms with van der Waals surface area (Å²) in [4.78, 5) is 16.0. The molecule has 98 valence electrons. The lowest BCUT2D eigenvalue weighted by molar-refractivity contribution is 0.0947. The zero-order valence-corrected chi connectivity index (χ0v) is 10.4. The lowest BCUT2D eigenvalue weighted by Gasteiger charge is -2.09. The second kappa shape index (κ2) is 5.95. The van der Waals surface area contributed by atoms with Crippen LogP contribution in [0.4, 0.5) is 4.39 Å². The van der Waals surface area contributed by atoms with Crippen molar-refractivity contribution in [3.8, 4) is 5.75 Å². The van der Waals surface area contributed by atoms with Crippen LogP contribution in [0.2, 0.25) is 0 Å². The number of hydrogen-bond acceptors (Lipinski definition) is 3. The molecule has 1 aromatic heterocycles. The molecule has 4 nitrogen and oxygen atoms in total. The number of ether oxygens (including phenoxy) is 1. The largest absolute Gasteiger partial charge is 0.496 e. The molecule has 0 fully saturated rings. The molecule has 0 aliphatic heterocycles. The van der Waals surface area contributed by atoms with Crippen LogP contribution in [0.25, 0.3) is 0 Å². The van der Waals surface area contributed by atoms with Crippen molar-refractivity contribution < 1.29 is 13.9 Å². The van der Waals surface area contributed by atoms with Gasteiger partial charge in [0.2, 0.25) is 0 Å². The number of amides is 1. The molecule has 1 N–H and O–H groups in total. The highest BCUT2D eigenvalue weighted by Crippen LogP contribution is 2.19. The Morgan fingerprint density at radius 1 is 1.37 bits per heavy atom. The van der Waals surface area contributed by atoms with E-state index in [-0.39, 0.29) is 12.1 Å². The van der Waals surface area contributed by atoms with Crippen LogP contribution in [0, 0.1) is 5.82 Å². The predicted octanol–water partition coefficient (Wildman–Crippen LogP) is 2.16. The summed E-state index contributed by atoms with van der Waals surface area (Å²) in [7, 11) is 1.43. The van der Waals surface area contributed by atoms with Gasteiger partial charge in [0.05, 0.1) is 24.9 Å². The lowest BCUT2D eigenvalue weighted by Crippen LogP contribution is -2.24. The fraction of sp³-hybridized carbons (Fsp3) is 0.143. The van der Waals surface area contributed by atoms with E-state index in [0.717, 1.165) is 11.8 Å². The molecule has 0 atom stereocenters. The Bertz CT molecular complexity index is 573. The summed E-state index contributed by atoms with van der Waals surface area (Å²) in [5, 5.41) is 2.67. The first-order valence-corrected chi connectivity index (χ1v) is 5.72. The van der Waals surface area contributed by atoms with Crippen LogP contribution in [-0.4, -0.2) is 18.0 Å². The van der Waals surface area contributed by atoms with Gasteiger partial charge in [0, 0.05) is 6.20 Å². The second-order valence-corrected chi connectivity index (χ2v) is 3.85. The average Bonchev–Trinajstić information content (AvgIpc) is 2.46. The van der Waals surface area contributed by atoms with Crippen LogP contribution in [0.5, 0.6) is 5.75 Å². The van der Waals surface area contributed by atoms with Crippen molar-refractivity contribution >= 4 is 5.91 Å². The van der Waals surface area contributed by atoms with Crippen LogP contribution in [0.1, 0.15) is 16.1 Å². The average molecular weight is 260 g/mol. The van der Waals surface area contributed by atoms with Crippen molar-refractivity contribution in [1.82, 2.24) is 10.3 Å². The first-order chi connectivity index (χ1) is 9.20. The number of rotatable bonds is 4. The Balaban J connectivity index is 2.10. The molecule has 0 saturated heterocycles. The molecule has 5 heteroatoms. The minimum atomic E-state index is -0.483. The van der Waals surface area contributed by atoms with Crippen LogP contribution >= 0.6 is 0 Å². The van der Waals surface area contributed by atoms with E-state index >= 15 is 0 Å². The van der Waals surface area contributed by atoms with E-state index in [9.17, 15) is 9.18 Å². The summed E-state index contributed by atoms with van der Waals surface area (Å²) >= 11 is 0. The molecule has 0 saturated carbocycles. The van der Waals surface area contributed by atoms with E-state index in [1.165, 1.54) is 19.2 Å². The molecule has 2 aromatic rings. The van der Waals surface area contributed by atoms with Crippen molar-refractivity contribution in [3.63, 3.8) is 0 Å². The minimum absolute atomic E-state index is 0.165. The Morgan fingerprint density at radius 2 is 2.21 bits per heavy atom. The number of carbonyl (C=O) groups is 1. The summed E-state index contributed by atoms with van der Waals surface area (Å²) in [5.74, 6) is -0.550. The van der Waals surface area contributed by atoms with Gasteiger partial charge >= 0.3 is 0 Å². The SMILES string of the molecule is COc1ccc(F)cc1C(=O)NCc1ccccn1. The maximum Gasteiger partial charge on any atom is 0.255 e. The van der Waals surface area contributed by atoms with Crippen molar-refractivity contribution in [3.05, 3.63) is 59.7 Å². The molecular formula is C14H13FN2O2. The van der Waals surface area contributed by atoms with Gasteiger partial charge in [0.15, 0.2) is 0 Å². The number of methoxy groups -OCH3 is 1. The molecule has 2 rings (SSSR count). The number of benzene rings is 1. The highest BCUT2D eigenvalue weighted by Gasteiger charge is 2.13. The van der Waals surface area contributed by atoms with Gasteiger partial charge in [-0.3, -0.25) is 9.78 Å². The summed E-state index contributed by atoms with van der Waals surface area (Å²) in [6.45, 7) is 0.277. The normalized spacial score (nSPS) is 10.0. The summed E-state index contributed by atoms with van der Waals surface area (Å²) in [6, 6.07) is 9.23. The number of nitrogens with one attached hydrogen (secondary N) is 1. The first kappa shape index (κ1) is 13.0. The van der Waals surface area contributed by atoms with Gasteiger partial charge < -0.3 is 10.1 Å². The number of nitrogens with zero attached hydrogens (tertiary/aromatic N) is 1. The number of aromatic nitrogens is 1. The van der Waals surface area contributed by atoms with E-state index in [0.29, 0.717) is 5.75 Å². The van der Waals surface area contributed by atoms with E-state index in [1.54, 1.807) is 18.3 Å². The smallest absolute Gasteiger partial charge is 0.255 e. The Kier molecular flexibility index (Phi) is 4.07. The Labute approximate surface area is 110 Å². The molecule has 0 aliphatic carbocycles. The van der Waals surface area contributed by atoms with Gasteiger partial charge in [-0.25, -0.2) is 4.39 Å². The monoisotopic (exact) mass is 260 g/mol. The summed E-state index contributed by atoms with van der Waals surface area (Å²) in [5.41, 5.74) is 0.893. The predicted molar refractivity (Wildman–Crippen MR) is 68.4 cm³/mol. The van der Waals surface area contributed by atoms with Crippen LogP contribution in [0.3, 0.4) is 0 Å². The maximum absolute atomic E-state index is 13.2. The van der Waals surface area contributed by atoms with E-state index in [4.69, 9.17) is 4.74 Å². The first-order valence-electron chi connectivity index (χ1n) is 5.72. The minimum Gasteiger partial charge on any atom is -0.496 e. The van der Waals surface area contributed by atoms with Gasteiger partial charge in [-0.05, 0) is 30.3 Å². The highest BCUT2D eigenvalue weighted by atomic mass is 19.1. The molecule has 1 heterocycles. The number of pyridine rings is 1. The van der Waals surface area contributed by atoms with Gasteiger partial charge in [0.1, 0.15) is 11.6 Å². The Hall–Kier alpha value is -2.43. The van der Waals surface area contributed by atoms with Crippen LogP contribution in [-0.2, 0) is 6.54 Å². The molecule has 1 amide bonds. The second-order valence-electron chi connectivity index (χ2n) is 3.85. The quantitative estimate of drug-likeness (QED) is 0.916. The van der Waals surface area contributed by atoms with Gasteiger partial charge in [-0.1, -0.05) is 6.07 Å². The molecule has 0 radical (unpaired) electrons. The Morgan fingerprint density at radius 3 is 2.89 bits per heavy atom. The molecule has 0 spiro atoms. The zero-order valence-electron chi connectivity index (χ0n) is 10.4. The number of hydrogen-bond donors (Lipinski definition) is 1. The van der Waals surface area contributed by atoms with Crippen molar-refractivity contribution in [1.29, 1.82) is 0 Å². The fourth-order valence-electron chi connectivity index (χ4n) is 1.63. The topological polar surface area (TPSA) is 51.2 Å². The fourth-order valence-corrected chi connectivity index (χ4v) is 1.63. The third kappa shape index (κ3) is 3.28. The number of carbonyl (C=O) groups excluding carboxylic acids is 1. The van der Waals surface area contributed by atoms with Gasteiger partial charge in [0.25, 0.3) is 5.91 Å². The third-order valence-electron chi connectivity index (χ3n) is 2.56. The van der Waals surface area contributed by atoms with Crippen LogP contribution in [0.15, 0.2) is 42.6 Å². The molecule has 0 aliphatic rings. The lowest BCUT2D eigenvalue weighted by atomic mass is 10.2. The molecule has 0 unspecified atom stereocenters. The zero-order chi connectivity index (χ0) is 13.7. The highest BCUT2D eigenvalue weighted by molar-refractivity contribution is 5.96. The summed E-state index contributed by atoms with van der Waals surface area (Å²) < 4.78 is 18.2. The van der Waals surface area contributed by atoms with E-state index < -0.39 is 11.7 Å². The van der Waals surface area contributed by atoms with Crippen molar-refractivity contribution in [2.45, 2.75) is 6.54 Å². The third-order valence-corrected chi connectivity index (χ3v) is 2.56. The van der Waals surface area contributed by atoms with E-state index in [2.05, 4.69) is 10.3 Å². The van der Waals surface area contributed by atoms with E-state index in [1.807, 2.05) is 6.07 Å². The molecule has 0 bridgehead atoms. The van der Waals surface area contributed by atoms with Crippen molar-refractivity contribution in [2.75, 3.05) is 7.11 Å². The van der Waals surface area contributed by atoms with Crippen LogP contribution < -0.4 is 10.1 Å². The standard InChI is InChI=1S/C14H13FN2O2/c1-19-13-6-5-10(15)8-12(13)14(18)17-9-11-4-2-3-7-16-11/h2-8H,9H2,1H3,(H,17,18). The van der Waals surface area contributed by atoms with Gasteiger partial charge in [-0.2, -0.15) is 0 Å². The van der Waals surface area contributed by atoms with Crippen molar-refractivity contribution in [2.24, 2.45) is 0 Å². The maximum atomic E-state index is 13.2. The molecule has 19 heavy (non-hydrogen) atoms.